The molecule has 0 atom stereocenters. The third-order valence-corrected chi connectivity index (χ3v) is 3.90. The summed E-state index contributed by atoms with van der Waals surface area (Å²) in [6.07, 6.45) is 0. The molecule has 0 N–H and O–H groups in total. The number of hydrogen-bond donors (Lipinski definition) is 0. The Morgan fingerprint density at radius 1 is 0.370 bits per heavy atom. The molecule has 0 radical (unpaired) electrons. The zero-order chi connectivity index (χ0) is 16.2. The molecule has 0 saturated carbocycles. The summed E-state index contributed by atoms with van der Waals surface area (Å²) < 4.78 is 0. The molecule has 0 aliphatic carbocycles. The fourth-order valence-corrected chi connectivity index (χ4v) is 2.69. The van der Waals surface area contributed by atoms with Gasteiger partial charge in [-0.3, -0.25) is 0 Å². The maximum absolute atomic E-state index is 4.79. The van der Waals surface area contributed by atoms with E-state index in [0.29, 0.717) is 0 Å². The molecule has 0 fully saturated rings. The number of hydrogen-bond acceptors (Lipinski definition) is 2. The van der Waals surface area contributed by atoms with Crippen LogP contribution in [0, 0.1) is 0 Å². The normalized spacial score (nSPS) is 9.33. The van der Waals surface area contributed by atoms with Crippen LogP contribution in [0.2, 0.25) is 0 Å². The van der Waals surface area contributed by atoms with Gasteiger partial charge in [0.05, 0.1) is 22.8 Å². The van der Waals surface area contributed by atoms with Crippen molar-refractivity contribution >= 4 is 0 Å². The second-order valence-corrected chi connectivity index (χ2v) is 5.55. The van der Waals surface area contributed by atoms with Gasteiger partial charge in [0.1, 0.15) is 0 Å². The Bertz CT molecular complexity index is 883. The van der Waals surface area contributed by atoms with Gasteiger partial charge in [0.2, 0.25) is 0 Å². The molecule has 0 spiro atoms. The van der Waals surface area contributed by atoms with Crippen LogP contribution in [0.4, 0.5) is 0 Å². The maximum Gasteiger partial charge on any atom is 2.00 e. The van der Waals surface area contributed by atoms with E-state index in [4.69, 9.17) is 9.97 Å². The van der Waals surface area contributed by atoms with Gasteiger partial charge in [0.25, 0.3) is 0 Å². The molecular weight excluding hydrogens is 470 g/mol. The van der Waals surface area contributed by atoms with Crippen molar-refractivity contribution in [2.24, 2.45) is 0 Å². The minimum atomic E-state index is 0. The first-order chi connectivity index (χ1) is 11.9. The van der Waals surface area contributed by atoms with Crippen LogP contribution < -0.4 is 24.8 Å². The molecule has 0 aliphatic heterocycles. The van der Waals surface area contributed by atoms with Gasteiger partial charge in [0, 0.05) is 11.1 Å². The van der Waals surface area contributed by atoms with Gasteiger partial charge in [-0.25, -0.2) is 9.97 Å². The molecule has 4 rings (SSSR count). The Hall–Kier alpha value is -2.02. The van der Waals surface area contributed by atoms with Gasteiger partial charge < -0.3 is 24.8 Å². The molecule has 0 saturated heterocycles. The molecule has 0 aliphatic rings. The maximum atomic E-state index is 4.79. The van der Waals surface area contributed by atoms with E-state index in [2.05, 4.69) is 24.3 Å². The van der Waals surface area contributed by atoms with E-state index in [0.717, 1.165) is 33.9 Å². The van der Waals surface area contributed by atoms with Crippen molar-refractivity contribution in [2.75, 3.05) is 0 Å². The minimum absolute atomic E-state index is 0. The van der Waals surface area contributed by atoms with E-state index in [9.17, 15) is 0 Å². The van der Waals surface area contributed by atoms with Crippen molar-refractivity contribution in [2.45, 2.75) is 0 Å². The number of nitrogens with zero attached hydrogens (tertiary/aromatic N) is 2. The van der Waals surface area contributed by atoms with Crippen molar-refractivity contribution in [3.8, 4) is 33.9 Å². The predicted molar refractivity (Wildman–Crippen MR) is 98.3 cm³/mol. The summed E-state index contributed by atoms with van der Waals surface area (Å²) in [5, 5.41) is 0. The minimum Gasteiger partial charge on any atom is -1.00 e. The van der Waals surface area contributed by atoms with E-state index in [-0.39, 0.29) is 45.2 Å². The number of benzene rings is 2. The number of rotatable bonds is 3. The number of aromatic nitrogens is 2. The molecule has 2 aromatic heterocycles. The fraction of sp³-hybridized carbons (Fsp3) is 0. The largest absolute Gasteiger partial charge is 2.00 e. The van der Waals surface area contributed by atoms with Gasteiger partial charge in [-0.2, -0.15) is 0 Å². The third kappa shape index (κ3) is 5.48. The molecule has 0 bridgehead atoms. The molecule has 138 valence electrons. The Morgan fingerprint density at radius 2 is 0.704 bits per heavy atom. The molecule has 4 aromatic rings. The molecule has 5 heteroatoms. The molecule has 2 aromatic carbocycles. The van der Waals surface area contributed by atoms with Gasteiger partial charge in [-0.05, 0) is 24.3 Å². The van der Waals surface area contributed by atoms with Crippen LogP contribution >= 0.6 is 0 Å². The average Bonchev–Trinajstić information content (AvgIpc) is 2.70. The summed E-state index contributed by atoms with van der Waals surface area (Å²) in [6, 6.07) is 32.5. The van der Waals surface area contributed by atoms with Crippen molar-refractivity contribution in [3.63, 3.8) is 0 Å². The van der Waals surface area contributed by atoms with Gasteiger partial charge >= 0.3 is 20.4 Å². The number of halogens is 2. The van der Waals surface area contributed by atoms with Crippen LogP contribution in [0.3, 0.4) is 0 Å². The Balaban J connectivity index is 0.00000121. The average molecular weight is 486 g/mol. The summed E-state index contributed by atoms with van der Waals surface area (Å²) in [4.78, 5) is 9.57. The summed E-state index contributed by atoms with van der Waals surface area (Å²) >= 11 is 0. The smallest absolute Gasteiger partial charge is 1.00 e. The molecule has 0 unspecified atom stereocenters. The van der Waals surface area contributed by atoms with E-state index >= 15 is 0 Å². The quantitative estimate of drug-likeness (QED) is 0.365. The van der Waals surface area contributed by atoms with Crippen LogP contribution in [0.1, 0.15) is 0 Å². The second kappa shape index (κ2) is 11.0. The topological polar surface area (TPSA) is 25.8 Å². The molecular formula is C22H16Cl2N2Pd. The monoisotopic (exact) mass is 484 g/mol. The van der Waals surface area contributed by atoms with Crippen LogP contribution in [0.25, 0.3) is 33.9 Å². The fourth-order valence-electron chi connectivity index (χ4n) is 2.69. The molecule has 2 nitrogen and oxygen atoms in total. The number of pyridine rings is 2. The predicted octanol–water partition coefficient (Wildman–Crippen LogP) is -0.517. The van der Waals surface area contributed by atoms with Crippen LogP contribution in [-0.4, -0.2) is 9.97 Å². The standard InChI is InChI=1S/C22H16N2.2ClH.Pd/c1-3-9-17(10-4-1)19-13-7-15-21(23-19)22-16-8-14-20(24-22)18-11-5-2-6-12-18;;;/h1-16H;2*1H;/q;;;+2/p-2. The zero-order valence-corrected chi connectivity index (χ0v) is 17.3. The van der Waals surface area contributed by atoms with E-state index in [1.807, 2.05) is 72.8 Å². The van der Waals surface area contributed by atoms with Gasteiger partial charge in [-0.1, -0.05) is 72.8 Å². The summed E-state index contributed by atoms with van der Waals surface area (Å²) in [6.45, 7) is 0. The van der Waals surface area contributed by atoms with E-state index in [1.165, 1.54) is 0 Å². The Labute approximate surface area is 185 Å². The molecule has 0 amide bonds. The molecule has 2 heterocycles. The summed E-state index contributed by atoms with van der Waals surface area (Å²) in [7, 11) is 0. The first-order valence-corrected chi connectivity index (χ1v) is 7.95. The van der Waals surface area contributed by atoms with E-state index < -0.39 is 0 Å². The van der Waals surface area contributed by atoms with Crippen LogP contribution in [0.15, 0.2) is 97.1 Å². The van der Waals surface area contributed by atoms with Crippen molar-refractivity contribution < 1.29 is 45.2 Å². The van der Waals surface area contributed by atoms with Crippen molar-refractivity contribution in [1.29, 1.82) is 0 Å². The Kier molecular flexibility index (Phi) is 9.35. The summed E-state index contributed by atoms with van der Waals surface area (Å²) in [5.41, 5.74) is 5.90. The first-order valence-electron chi connectivity index (χ1n) is 7.95. The second-order valence-electron chi connectivity index (χ2n) is 5.55. The SMILES string of the molecule is [Cl-].[Cl-].[Pd+2].c1ccc(-c2cccc(-c3cccc(-c4ccccc4)n3)n2)cc1. The van der Waals surface area contributed by atoms with Crippen LogP contribution in [-0.2, 0) is 20.4 Å². The first kappa shape index (κ1) is 23.0. The van der Waals surface area contributed by atoms with Crippen molar-refractivity contribution in [3.05, 3.63) is 97.1 Å². The van der Waals surface area contributed by atoms with Crippen LogP contribution in [0.5, 0.6) is 0 Å². The zero-order valence-electron chi connectivity index (χ0n) is 14.2. The van der Waals surface area contributed by atoms with Crippen molar-refractivity contribution in [1.82, 2.24) is 9.97 Å². The van der Waals surface area contributed by atoms with Gasteiger partial charge in [-0.15, -0.1) is 0 Å². The third-order valence-electron chi connectivity index (χ3n) is 3.90. The van der Waals surface area contributed by atoms with Gasteiger partial charge in [0.15, 0.2) is 0 Å². The Morgan fingerprint density at radius 3 is 1.07 bits per heavy atom. The molecule has 27 heavy (non-hydrogen) atoms. The van der Waals surface area contributed by atoms with E-state index in [1.54, 1.807) is 0 Å². The summed E-state index contributed by atoms with van der Waals surface area (Å²) in [5.74, 6) is 0.